The van der Waals surface area contributed by atoms with Crippen LogP contribution >= 0.6 is 11.8 Å². The fourth-order valence-electron chi connectivity index (χ4n) is 3.33. The Morgan fingerprint density at radius 1 is 1.11 bits per heavy atom. The largest absolute Gasteiger partial charge is 0.469 e. The molecular weight excluding hydrogens is 360 g/mol. The van der Waals surface area contributed by atoms with Crippen molar-refractivity contribution >= 4 is 17.7 Å². The fourth-order valence-corrected chi connectivity index (χ4v) is 4.18. The number of aryl methyl sites for hydroxylation is 1. The van der Waals surface area contributed by atoms with Crippen molar-refractivity contribution in [3.8, 4) is 17.1 Å². The van der Waals surface area contributed by atoms with Gasteiger partial charge in [-0.05, 0) is 44.4 Å². The molecule has 7 heteroatoms. The Balaban J connectivity index is 1.62. The molecule has 1 fully saturated rings. The Kier molecular flexibility index (Phi) is 5.29. The van der Waals surface area contributed by atoms with E-state index >= 15 is 0 Å². The second kappa shape index (κ2) is 8.00. The van der Waals surface area contributed by atoms with Crippen LogP contribution in [0.15, 0.2) is 52.2 Å². The number of amides is 1. The quantitative estimate of drug-likeness (QED) is 0.626. The number of nitrogens with zero attached hydrogens (tertiary/aromatic N) is 4. The number of benzene rings is 1. The van der Waals surface area contributed by atoms with E-state index in [0.717, 1.165) is 48.8 Å². The lowest BCUT2D eigenvalue weighted by Crippen LogP contribution is -2.36. The number of piperidine rings is 1. The van der Waals surface area contributed by atoms with Crippen LogP contribution in [0.2, 0.25) is 0 Å². The maximum atomic E-state index is 12.5. The summed E-state index contributed by atoms with van der Waals surface area (Å²) in [5, 5.41) is 9.47. The molecule has 27 heavy (non-hydrogen) atoms. The maximum Gasteiger partial charge on any atom is 0.233 e. The normalized spacial score (nSPS) is 14.5. The third kappa shape index (κ3) is 3.78. The van der Waals surface area contributed by atoms with Gasteiger partial charge in [0.1, 0.15) is 5.76 Å². The highest BCUT2D eigenvalue weighted by Crippen LogP contribution is 2.30. The van der Waals surface area contributed by atoms with Crippen molar-refractivity contribution in [3.05, 3.63) is 48.4 Å². The molecule has 0 atom stereocenters. The summed E-state index contributed by atoms with van der Waals surface area (Å²) in [6.07, 6.45) is 5.06. The molecule has 1 aliphatic heterocycles. The number of carbonyl (C=O) groups excluding carboxylic acids is 1. The summed E-state index contributed by atoms with van der Waals surface area (Å²) >= 11 is 1.44. The third-order valence-electron chi connectivity index (χ3n) is 4.78. The van der Waals surface area contributed by atoms with Crippen molar-refractivity contribution in [2.75, 3.05) is 18.8 Å². The standard InChI is InChI=1S/C20H22N4O2S/c1-15-17(10-13-26-15)19-21-22-20(24(19)16-8-4-2-5-9-16)27-14-18(25)23-11-6-3-7-12-23/h2,4-5,8-10,13H,3,6-7,11-12,14H2,1H3. The van der Waals surface area contributed by atoms with E-state index in [9.17, 15) is 4.79 Å². The van der Waals surface area contributed by atoms with Crippen LogP contribution in [0.5, 0.6) is 0 Å². The molecule has 2 aromatic heterocycles. The van der Waals surface area contributed by atoms with E-state index < -0.39 is 0 Å². The van der Waals surface area contributed by atoms with Gasteiger partial charge in [0.25, 0.3) is 0 Å². The fraction of sp³-hybridized carbons (Fsp3) is 0.350. The molecule has 6 nitrogen and oxygen atoms in total. The van der Waals surface area contributed by atoms with Gasteiger partial charge in [-0.25, -0.2) is 0 Å². The molecule has 0 radical (unpaired) electrons. The van der Waals surface area contributed by atoms with Gasteiger partial charge in [-0.15, -0.1) is 10.2 Å². The monoisotopic (exact) mass is 382 g/mol. The number of carbonyl (C=O) groups is 1. The van der Waals surface area contributed by atoms with Gasteiger partial charge in [-0.1, -0.05) is 30.0 Å². The molecule has 3 aromatic rings. The van der Waals surface area contributed by atoms with Crippen LogP contribution in [0.1, 0.15) is 25.0 Å². The van der Waals surface area contributed by atoms with E-state index in [2.05, 4.69) is 10.2 Å². The number of likely N-dealkylation sites (tertiary alicyclic amines) is 1. The van der Waals surface area contributed by atoms with Crippen LogP contribution in [0.4, 0.5) is 0 Å². The van der Waals surface area contributed by atoms with Crippen LogP contribution in [0.3, 0.4) is 0 Å². The highest BCUT2D eigenvalue weighted by molar-refractivity contribution is 7.99. The van der Waals surface area contributed by atoms with E-state index in [1.54, 1.807) is 6.26 Å². The van der Waals surface area contributed by atoms with Crippen molar-refractivity contribution in [1.82, 2.24) is 19.7 Å². The van der Waals surface area contributed by atoms with Gasteiger partial charge >= 0.3 is 0 Å². The Morgan fingerprint density at radius 3 is 2.59 bits per heavy atom. The minimum atomic E-state index is 0.170. The molecule has 4 rings (SSSR count). The summed E-state index contributed by atoms with van der Waals surface area (Å²) in [5.41, 5.74) is 1.87. The van der Waals surface area contributed by atoms with E-state index in [4.69, 9.17) is 4.42 Å². The predicted octanol–water partition coefficient (Wildman–Crippen LogP) is 3.94. The van der Waals surface area contributed by atoms with Crippen molar-refractivity contribution in [3.63, 3.8) is 0 Å². The number of thioether (sulfide) groups is 1. The van der Waals surface area contributed by atoms with Crippen molar-refractivity contribution < 1.29 is 9.21 Å². The molecule has 0 N–H and O–H groups in total. The van der Waals surface area contributed by atoms with Gasteiger partial charge < -0.3 is 9.32 Å². The Bertz CT molecular complexity index is 913. The average molecular weight is 382 g/mol. The van der Waals surface area contributed by atoms with Crippen LogP contribution < -0.4 is 0 Å². The number of furan rings is 1. The summed E-state index contributed by atoms with van der Waals surface area (Å²) in [6, 6.07) is 11.9. The van der Waals surface area contributed by atoms with Gasteiger partial charge in [0, 0.05) is 18.8 Å². The van der Waals surface area contributed by atoms with Gasteiger partial charge in [0.05, 0.1) is 17.6 Å². The van der Waals surface area contributed by atoms with E-state index in [0.29, 0.717) is 10.9 Å². The van der Waals surface area contributed by atoms with Gasteiger partial charge in [0.15, 0.2) is 11.0 Å². The molecule has 3 heterocycles. The number of hydrogen-bond donors (Lipinski definition) is 0. The highest BCUT2D eigenvalue weighted by Gasteiger charge is 2.21. The van der Waals surface area contributed by atoms with Gasteiger partial charge in [-0.3, -0.25) is 9.36 Å². The lowest BCUT2D eigenvalue weighted by molar-refractivity contribution is -0.129. The van der Waals surface area contributed by atoms with E-state index in [1.165, 1.54) is 18.2 Å². The molecule has 0 aliphatic carbocycles. The van der Waals surface area contributed by atoms with Crippen LogP contribution in [0, 0.1) is 6.92 Å². The lowest BCUT2D eigenvalue weighted by Gasteiger charge is -2.26. The van der Waals surface area contributed by atoms with E-state index in [-0.39, 0.29) is 5.91 Å². The zero-order chi connectivity index (χ0) is 18.6. The smallest absolute Gasteiger partial charge is 0.233 e. The van der Waals surface area contributed by atoms with Crippen molar-refractivity contribution in [2.45, 2.75) is 31.3 Å². The first-order valence-corrected chi connectivity index (χ1v) is 10.2. The molecule has 140 valence electrons. The maximum absolute atomic E-state index is 12.5. The van der Waals surface area contributed by atoms with Crippen molar-refractivity contribution in [1.29, 1.82) is 0 Å². The summed E-state index contributed by atoms with van der Waals surface area (Å²) in [5.74, 6) is 2.05. The van der Waals surface area contributed by atoms with Crippen molar-refractivity contribution in [2.24, 2.45) is 0 Å². The van der Waals surface area contributed by atoms with Gasteiger partial charge in [0.2, 0.25) is 5.91 Å². The predicted molar refractivity (Wildman–Crippen MR) is 105 cm³/mol. The SMILES string of the molecule is Cc1occc1-c1nnc(SCC(=O)N2CCCCC2)n1-c1ccccc1. The summed E-state index contributed by atoms with van der Waals surface area (Å²) in [7, 11) is 0. The van der Waals surface area contributed by atoms with Crippen LogP contribution in [-0.4, -0.2) is 44.4 Å². The minimum absolute atomic E-state index is 0.170. The van der Waals surface area contributed by atoms with Crippen LogP contribution in [0.25, 0.3) is 17.1 Å². The third-order valence-corrected chi connectivity index (χ3v) is 5.69. The Hall–Kier alpha value is -2.54. The number of hydrogen-bond acceptors (Lipinski definition) is 5. The first kappa shape index (κ1) is 17.9. The zero-order valence-corrected chi connectivity index (χ0v) is 16.1. The summed E-state index contributed by atoms with van der Waals surface area (Å²) in [4.78, 5) is 14.5. The first-order chi connectivity index (χ1) is 13.2. The highest BCUT2D eigenvalue weighted by atomic mass is 32.2. The summed E-state index contributed by atoms with van der Waals surface area (Å²) < 4.78 is 7.44. The first-order valence-electron chi connectivity index (χ1n) is 9.20. The molecule has 0 spiro atoms. The molecule has 0 bridgehead atoms. The zero-order valence-electron chi connectivity index (χ0n) is 15.3. The number of para-hydroxylation sites is 1. The van der Waals surface area contributed by atoms with E-state index in [1.807, 2.05) is 52.8 Å². The molecular formula is C20H22N4O2S. The summed E-state index contributed by atoms with van der Waals surface area (Å²) in [6.45, 7) is 3.64. The average Bonchev–Trinajstić information content (AvgIpc) is 3.33. The molecule has 0 saturated carbocycles. The second-order valence-corrected chi connectivity index (χ2v) is 7.54. The molecule has 1 amide bonds. The second-order valence-electron chi connectivity index (χ2n) is 6.60. The topological polar surface area (TPSA) is 64.2 Å². The number of rotatable bonds is 5. The Labute approximate surface area is 162 Å². The van der Waals surface area contributed by atoms with Crippen LogP contribution in [-0.2, 0) is 4.79 Å². The molecule has 1 saturated heterocycles. The molecule has 1 aromatic carbocycles. The Morgan fingerprint density at radius 2 is 1.89 bits per heavy atom. The van der Waals surface area contributed by atoms with Gasteiger partial charge in [-0.2, -0.15) is 0 Å². The minimum Gasteiger partial charge on any atom is -0.469 e. The molecule has 0 unspecified atom stereocenters. The lowest BCUT2D eigenvalue weighted by atomic mass is 10.1. The molecule has 1 aliphatic rings. The number of aromatic nitrogens is 3.